The molecular formula is C23H25F3N4O3. The van der Waals surface area contributed by atoms with Crippen LogP contribution in [0.1, 0.15) is 36.3 Å². The minimum Gasteiger partial charge on any atom is -0.493 e. The molecule has 1 aromatic heterocycles. The Morgan fingerprint density at radius 2 is 1.94 bits per heavy atom. The maximum Gasteiger partial charge on any atom is 0.416 e. The highest BCUT2D eigenvalue weighted by atomic mass is 19.4. The summed E-state index contributed by atoms with van der Waals surface area (Å²) >= 11 is 0. The summed E-state index contributed by atoms with van der Waals surface area (Å²) in [5, 5.41) is 3.87. The van der Waals surface area contributed by atoms with Crippen molar-refractivity contribution in [2.24, 2.45) is 0 Å². The van der Waals surface area contributed by atoms with Crippen molar-refractivity contribution in [3.8, 4) is 11.5 Å². The first-order valence-corrected chi connectivity index (χ1v) is 10.5. The molecule has 0 aliphatic carbocycles. The number of nitrogens with one attached hydrogen (secondary N) is 1. The van der Waals surface area contributed by atoms with Crippen molar-refractivity contribution < 1.29 is 27.4 Å². The standard InChI is InChI=1S/C23H25F3N4O3/c1-12(14-6-15(23(24,25)26)8-16(27)7-14)28-22-18-9-21(33-17-4-5-32-11-17)20(31-3)10-19(18)29-13(2)30-22/h6-10,12,17H,4-5,11,27H2,1-3H3,(H,28,29,30)/t12-,17-/m1/s1. The largest absolute Gasteiger partial charge is 0.493 e. The number of hydrogen-bond acceptors (Lipinski definition) is 7. The Morgan fingerprint density at radius 1 is 1.15 bits per heavy atom. The van der Waals surface area contributed by atoms with Crippen LogP contribution in [-0.4, -0.2) is 36.4 Å². The number of anilines is 2. The van der Waals surface area contributed by atoms with Crippen LogP contribution >= 0.6 is 0 Å². The van der Waals surface area contributed by atoms with Gasteiger partial charge in [0.25, 0.3) is 0 Å². The van der Waals surface area contributed by atoms with E-state index in [1.807, 2.05) is 0 Å². The first-order valence-electron chi connectivity index (χ1n) is 10.5. The maximum absolute atomic E-state index is 13.3. The third-order valence-electron chi connectivity index (χ3n) is 5.43. The maximum atomic E-state index is 13.3. The van der Waals surface area contributed by atoms with Gasteiger partial charge in [0.15, 0.2) is 11.5 Å². The SMILES string of the molecule is COc1cc2nc(C)nc(N[C@H](C)c3cc(N)cc(C(F)(F)F)c3)c2cc1O[C@@H]1CCOC1. The second-order valence-corrected chi connectivity index (χ2v) is 8.00. The number of rotatable bonds is 6. The van der Waals surface area contributed by atoms with Crippen LogP contribution in [0.15, 0.2) is 30.3 Å². The normalized spacial score (nSPS) is 17.2. The lowest BCUT2D eigenvalue weighted by Crippen LogP contribution is -2.16. The van der Waals surface area contributed by atoms with Crippen LogP contribution in [0.5, 0.6) is 11.5 Å². The number of aromatic nitrogens is 2. The van der Waals surface area contributed by atoms with Crippen molar-refractivity contribution in [1.82, 2.24) is 9.97 Å². The third kappa shape index (κ3) is 5.05. The quantitative estimate of drug-likeness (QED) is 0.504. The number of methoxy groups -OCH3 is 1. The van der Waals surface area contributed by atoms with Crippen LogP contribution in [0.4, 0.5) is 24.7 Å². The number of fused-ring (bicyclic) bond motifs is 1. The first-order chi connectivity index (χ1) is 15.6. The Morgan fingerprint density at radius 3 is 2.61 bits per heavy atom. The molecule has 4 rings (SSSR count). The van der Waals surface area contributed by atoms with Gasteiger partial charge in [0, 0.05) is 23.6 Å². The summed E-state index contributed by atoms with van der Waals surface area (Å²) in [6.45, 7) is 4.61. The van der Waals surface area contributed by atoms with Gasteiger partial charge in [-0.25, -0.2) is 9.97 Å². The summed E-state index contributed by atoms with van der Waals surface area (Å²) in [5.41, 5.74) is 5.99. The fourth-order valence-corrected chi connectivity index (χ4v) is 3.78. The molecule has 2 aromatic carbocycles. The van der Waals surface area contributed by atoms with Crippen molar-refractivity contribution in [3.05, 3.63) is 47.3 Å². The molecule has 3 N–H and O–H groups in total. The molecule has 2 heterocycles. The molecule has 10 heteroatoms. The summed E-state index contributed by atoms with van der Waals surface area (Å²) in [6, 6.07) is 6.54. The molecule has 1 aliphatic rings. The van der Waals surface area contributed by atoms with Crippen molar-refractivity contribution in [2.75, 3.05) is 31.4 Å². The van der Waals surface area contributed by atoms with Crippen LogP contribution in [0.2, 0.25) is 0 Å². The van der Waals surface area contributed by atoms with E-state index in [0.29, 0.717) is 52.8 Å². The molecule has 1 fully saturated rings. The minimum atomic E-state index is -4.49. The number of hydrogen-bond donors (Lipinski definition) is 2. The Balaban J connectivity index is 1.71. The summed E-state index contributed by atoms with van der Waals surface area (Å²) in [5.74, 6) is 2.01. The van der Waals surface area contributed by atoms with E-state index in [0.717, 1.165) is 18.6 Å². The zero-order chi connectivity index (χ0) is 23.8. The van der Waals surface area contributed by atoms with Gasteiger partial charge in [-0.15, -0.1) is 0 Å². The molecule has 0 bridgehead atoms. The number of benzene rings is 2. The summed E-state index contributed by atoms with van der Waals surface area (Å²) in [4.78, 5) is 8.97. The molecule has 0 unspecified atom stereocenters. The minimum absolute atomic E-state index is 0.0383. The average Bonchev–Trinajstić information content (AvgIpc) is 3.25. The van der Waals surface area contributed by atoms with Gasteiger partial charge in [0.05, 0.1) is 37.4 Å². The highest BCUT2D eigenvalue weighted by Crippen LogP contribution is 2.37. The Bertz CT molecular complexity index is 1160. The average molecular weight is 462 g/mol. The third-order valence-corrected chi connectivity index (χ3v) is 5.43. The van der Waals surface area contributed by atoms with E-state index in [9.17, 15) is 13.2 Å². The highest BCUT2D eigenvalue weighted by Gasteiger charge is 2.31. The van der Waals surface area contributed by atoms with Gasteiger partial charge >= 0.3 is 6.18 Å². The number of aryl methyl sites for hydroxylation is 1. The predicted octanol–water partition coefficient (Wildman–Crippen LogP) is 4.89. The smallest absolute Gasteiger partial charge is 0.416 e. The number of halogens is 3. The number of nitrogens with two attached hydrogens (primary N) is 1. The molecular weight excluding hydrogens is 437 g/mol. The van der Waals surface area contributed by atoms with Crippen molar-refractivity contribution >= 4 is 22.4 Å². The lowest BCUT2D eigenvalue weighted by Gasteiger charge is -2.20. The van der Waals surface area contributed by atoms with E-state index in [1.165, 1.54) is 6.07 Å². The lowest BCUT2D eigenvalue weighted by atomic mass is 10.0. The second-order valence-electron chi connectivity index (χ2n) is 8.00. The fourth-order valence-electron chi connectivity index (χ4n) is 3.78. The van der Waals surface area contributed by atoms with E-state index >= 15 is 0 Å². The van der Waals surface area contributed by atoms with Gasteiger partial charge in [-0.1, -0.05) is 0 Å². The second kappa shape index (κ2) is 8.93. The number of ether oxygens (including phenoxy) is 3. The molecule has 1 saturated heterocycles. The van der Waals surface area contributed by atoms with Gasteiger partial charge in [-0.2, -0.15) is 13.2 Å². The molecule has 2 atom stereocenters. The van der Waals surface area contributed by atoms with E-state index in [2.05, 4.69) is 15.3 Å². The molecule has 33 heavy (non-hydrogen) atoms. The van der Waals surface area contributed by atoms with Crippen molar-refractivity contribution in [1.29, 1.82) is 0 Å². The van der Waals surface area contributed by atoms with Crippen LogP contribution in [-0.2, 0) is 10.9 Å². The zero-order valence-corrected chi connectivity index (χ0v) is 18.5. The summed E-state index contributed by atoms with van der Waals surface area (Å²) in [6.07, 6.45) is -3.81. The fraction of sp³-hybridized carbons (Fsp3) is 0.391. The molecule has 176 valence electrons. The van der Waals surface area contributed by atoms with Gasteiger partial charge < -0.3 is 25.3 Å². The molecule has 3 aromatic rings. The number of alkyl halides is 3. The molecule has 0 saturated carbocycles. The molecule has 0 radical (unpaired) electrons. The van der Waals surface area contributed by atoms with Crippen LogP contribution < -0.4 is 20.5 Å². The lowest BCUT2D eigenvalue weighted by molar-refractivity contribution is -0.137. The topological polar surface area (TPSA) is 91.5 Å². The zero-order valence-electron chi connectivity index (χ0n) is 18.5. The van der Waals surface area contributed by atoms with E-state index in [1.54, 1.807) is 33.1 Å². The molecule has 0 spiro atoms. The number of nitrogens with zero attached hydrogens (tertiary/aromatic N) is 2. The van der Waals surface area contributed by atoms with Crippen molar-refractivity contribution in [3.63, 3.8) is 0 Å². The van der Waals surface area contributed by atoms with Crippen LogP contribution in [0.25, 0.3) is 10.9 Å². The van der Waals surface area contributed by atoms with Gasteiger partial charge in [-0.05, 0) is 43.7 Å². The molecule has 7 nitrogen and oxygen atoms in total. The van der Waals surface area contributed by atoms with Gasteiger partial charge in [-0.3, -0.25) is 0 Å². The monoisotopic (exact) mass is 462 g/mol. The predicted molar refractivity (Wildman–Crippen MR) is 119 cm³/mol. The highest BCUT2D eigenvalue weighted by molar-refractivity contribution is 5.92. The van der Waals surface area contributed by atoms with Crippen LogP contribution in [0, 0.1) is 6.92 Å². The van der Waals surface area contributed by atoms with E-state index in [4.69, 9.17) is 19.9 Å². The van der Waals surface area contributed by atoms with Crippen molar-refractivity contribution in [2.45, 2.75) is 38.6 Å². The Kier molecular flexibility index (Phi) is 6.20. The Labute approximate surface area is 189 Å². The van der Waals surface area contributed by atoms with Gasteiger partial charge in [0.2, 0.25) is 0 Å². The van der Waals surface area contributed by atoms with E-state index < -0.39 is 17.8 Å². The van der Waals surface area contributed by atoms with Gasteiger partial charge in [0.1, 0.15) is 17.7 Å². The number of nitrogen functional groups attached to an aromatic ring is 1. The van der Waals surface area contributed by atoms with E-state index in [-0.39, 0.29) is 11.8 Å². The summed E-state index contributed by atoms with van der Waals surface area (Å²) < 4.78 is 56.7. The molecule has 0 amide bonds. The first kappa shape index (κ1) is 22.9. The Hall–Kier alpha value is -3.27. The molecule has 1 aliphatic heterocycles. The summed E-state index contributed by atoms with van der Waals surface area (Å²) in [7, 11) is 1.55. The van der Waals surface area contributed by atoms with Crippen LogP contribution in [0.3, 0.4) is 0 Å².